The number of halogens is 1. The molecule has 2 unspecified atom stereocenters. The number of hydrogen-bond acceptors (Lipinski definition) is 10. The summed E-state index contributed by atoms with van der Waals surface area (Å²) in [4.78, 5) is 50.9. The Balaban J connectivity index is 1.82. The van der Waals surface area contributed by atoms with Gasteiger partial charge in [-0.15, -0.1) is 12.6 Å². The summed E-state index contributed by atoms with van der Waals surface area (Å²) >= 11 is 10.2. The van der Waals surface area contributed by atoms with Gasteiger partial charge in [-0.25, -0.2) is 14.5 Å². The van der Waals surface area contributed by atoms with Crippen LogP contribution < -0.4 is 20.7 Å². The minimum Gasteiger partial charge on any atom is -0.462 e. The van der Waals surface area contributed by atoms with Gasteiger partial charge in [-0.3, -0.25) is 15.6 Å². The Kier molecular flexibility index (Phi) is 10.1. The molecule has 0 saturated carbocycles. The zero-order valence-corrected chi connectivity index (χ0v) is 22.9. The monoisotopic (exact) mass is 576 g/mol. The van der Waals surface area contributed by atoms with Gasteiger partial charge in [0.25, 0.3) is 0 Å². The third-order valence-electron chi connectivity index (χ3n) is 5.74. The highest BCUT2D eigenvalue weighted by Crippen LogP contribution is 2.25. The van der Waals surface area contributed by atoms with Crippen LogP contribution in [0.5, 0.6) is 5.75 Å². The molecule has 2 atom stereocenters. The molecule has 15 heteroatoms. The third-order valence-corrected chi connectivity index (χ3v) is 6.22. The Morgan fingerprint density at radius 1 is 1.15 bits per heavy atom. The number of carbonyl (C=O) groups is 2. The fourth-order valence-corrected chi connectivity index (χ4v) is 4.24. The van der Waals surface area contributed by atoms with Crippen LogP contribution in [-0.2, 0) is 6.54 Å². The molecule has 2 aromatic carbocycles. The molecule has 0 spiro atoms. The number of thiol groups is 1. The molecular formula is C24H29ClN8O5S. The molecule has 13 nitrogen and oxygen atoms in total. The average molecular weight is 577 g/mol. The van der Waals surface area contributed by atoms with Crippen molar-refractivity contribution in [2.45, 2.75) is 32.2 Å². The zero-order chi connectivity index (χ0) is 28.6. The lowest BCUT2D eigenvalue weighted by Crippen LogP contribution is -2.68. The van der Waals surface area contributed by atoms with E-state index in [1.165, 1.54) is 4.90 Å². The van der Waals surface area contributed by atoms with Crippen molar-refractivity contribution in [3.05, 3.63) is 68.9 Å². The summed E-state index contributed by atoms with van der Waals surface area (Å²) in [5.41, 5.74) is -0.511. The van der Waals surface area contributed by atoms with Crippen molar-refractivity contribution in [2.75, 3.05) is 25.0 Å². The number of urea groups is 2. The highest BCUT2D eigenvalue weighted by molar-refractivity contribution is 7.80. The maximum absolute atomic E-state index is 13.6. The molecule has 3 rings (SSSR count). The maximum Gasteiger partial charge on any atom is 0.331 e. The molecule has 1 aliphatic heterocycles. The number of hydrogen-bond donors (Lipinski definition) is 5. The van der Waals surface area contributed by atoms with Gasteiger partial charge in [0.2, 0.25) is 5.56 Å². The van der Waals surface area contributed by atoms with E-state index in [1.54, 1.807) is 62.4 Å². The van der Waals surface area contributed by atoms with E-state index in [4.69, 9.17) is 21.7 Å². The van der Waals surface area contributed by atoms with Crippen LogP contribution >= 0.6 is 24.2 Å². The number of amides is 4. The molecule has 0 aliphatic carbocycles. The molecule has 4 amide bonds. The molecule has 1 heterocycles. The smallest absolute Gasteiger partial charge is 0.331 e. The first kappa shape index (κ1) is 29.6. The molecule has 1 aliphatic rings. The fourth-order valence-electron chi connectivity index (χ4n) is 3.80. The predicted molar refractivity (Wildman–Crippen MR) is 151 cm³/mol. The van der Waals surface area contributed by atoms with E-state index in [2.05, 4.69) is 38.9 Å². The van der Waals surface area contributed by atoms with Gasteiger partial charge in [0, 0.05) is 22.7 Å². The quantitative estimate of drug-likeness (QED) is 0.0773. The van der Waals surface area contributed by atoms with Gasteiger partial charge in [0.05, 0.1) is 25.5 Å². The second kappa shape index (κ2) is 13.2. The number of imide groups is 1. The molecule has 0 radical (unpaired) electrons. The van der Waals surface area contributed by atoms with Gasteiger partial charge in [-0.05, 0) is 48.9 Å². The topological polar surface area (TPSA) is 169 Å². The highest BCUT2D eigenvalue weighted by Gasteiger charge is 2.42. The molecular weight excluding hydrogens is 548 g/mol. The van der Waals surface area contributed by atoms with E-state index in [9.17, 15) is 19.4 Å². The zero-order valence-electron chi connectivity index (χ0n) is 21.3. The third kappa shape index (κ3) is 8.29. The summed E-state index contributed by atoms with van der Waals surface area (Å²) in [6.07, 6.45) is -0.941. The van der Waals surface area contributed by atoms with E-state index in [0.717, 1.165) is 10.5 Å². The van der Waals surface area contributed by atoms with Gasteiger partial charge in [-0.2, -0.15) is 9.81 Å². The first-order valence-corrected chi connectivity index (χ1v) is 12.7. The van der Waals surface area contributed by atoms with E-state index in [0.29, 0.717) is 16.5 Å². The number of amidine groups is 1. The molecule has 39 heavy (non-hydrogen) atoms. The number of rotatable bonds is 13. The number of benzene rings is 2. The molecule has 0 aromatic heterocycles. The molecule has 4 N–H and O–H groups in total. The first-order chi connectivity index (χ1) is 18.5. The lowest BCUT2D eigenvalue weighted by Gasteiger charge is -2.43. The van der Waals surface area contributed by atoms with E-state index in [1.807, 2.05) is 0 Å². The standard InChI is InChI=1S/C24H29ClN8O5S/c1-15(26)29-22(39)38-19-9-7-18(8-10-19)30-20-31-21(34)33(14-24(2,12-27-36)13-28-37)23(35)32(20)11-16-3-5-17(25)6-4-16/h3-10,20,22,30,39H,11-14H2,1-2H3,(H2,26,29)(H,31,34). The van der Waals surface area contributed by atoms with Gasteiger partial charge >= 0.3 is 12.1 Å². The highest BCUT2D eigenvalue weighted by atomic mass is 35.5. The van der Waals surface area contributed by atoms with Crippen LogP contribution in [-0.4, -0.2) is 59.2 Å². The van der Waals surface area contributed by atoms with Gasteiger partial charge < -0.3 is 15.4 Å². The van der Waals surface area contributed by atoms with E-state index in [-0.39, 0.29) is 32.0 Å². The second-order valence-corrected chi connectivity index (χ2v) is 10.2. The number of ether oxygens (including phenoxy) is 1. The minimum absolute atomic E-state index is 0.107. The SMILES string of the molecule is CC(=N)NC(S)Oc1ccc(NC2NC(=O)N(CC(C)(CN=O)CN=O)C(=O)N2Cc2ccc(Cl)cc2)cc1. The van der Waals surface area contributed by atoms with Crippen molar-refractivity contribution in [2.24, 2.45) is 15.8 Å². The van der Waals surface area contributed by atoms with Gasteiger partial charge in [0.1, 0.15) is 5.75 Å². The van der Waals surface area contributed by atoms with Crippen LogP contribution in [0.4, 0.5) is 15.3 Å². The van der Waals surface area contributed by atoms with E-state index < -0.39 is 29.3 Å². The first-order valence-electron chi connectivity index (χ1n) is 11.8. The van der Waals surface area contributed by atoms with Crippen molar-refractivity contribution < 1.29 is 14.3 Å². The summed E-state index contributed by atoms with van der Waals surface area (Å²) in [7, 11) is 0. The fraction of sp³-hybridized carbons (Fsp3) is 0.375. The van der Waals surface area contributed by atoms with Crippen LogP contribution in [0.3, 0.4) is 0 Å². The average Bonchev–Trinajstić information content (AvgIpc) is 2.86. The Labute approximate surface area is 235 Å². The summed E-state index contributed by atoms with van der Waals surface area (Å²) in [5, 5.41) is 22.3. The van der Waals surface area contributed by atoms with Crippen LogP contribution in [0.1, 0.15) is 19.4 Å². The Morgan fingerprint density at radius 3 is 2.33 bits per heavy atom. The normalized spacial score (nSPS) is 16.3. The number of carbonyl (C=O) groups excluding carboxylic acids is 2. The van der Waals surface area contributed by atoms with Crippen molar-refractivity contribution in [3.63, 3.8) is 0 Å². The minimum atomic E-state index is -1.12. The predicted octanol–water partition coefficient (Wildman–Crippen LogP) is 4.40. The molecule has 208 valence electrons. The second-order valence-electron chi connectivity index (χ2n) is 9.27. The summed E-state index contributed by atoms with van der Waals surface area (Å²) in [6, 6.07) is 12.3. The molecule has 1 saturated heterocycles. The maximum atomic E-state index is 13.6. The van der Waals surface area contributed by atoms with Gasteiger partial charge in [-0.1, -0.05) is 41.0 Å². The van der Waals surface area contributed by atoms with Crippen molar-refractivity contribution in [3.8, 4) is 5.75 Å². The van der Waals surface area contributed by atoms with Gasteiger partial charge in [0.15, 0.2) is 6.29 Å². The Bertz CT molecular complexity index is 1190. The summed E-state index contributed by atoms with van der Waals surface area (Å²) < 4.78 is 5.59. The van der Waals surface area contributed by atoms with Crippen LogP contribution in [0.25, 0.3) is 0 Å². The molecule has 1 fully saturated rings. The van der Waals surface area contributed by atoms with E-state index >= 15 is 0 Å². The van der Waals surface area contributed by atoms with Crippen LogP contribution in [0.2, 0.25) is 5.02 Å². The largest absolute Gasteiger partial charge is 0.462 e. The Hall–Kier alpha value is -3.91. The lowest BCUT2D eigenvalue weighted by atomic mass is 9.90. The van der Waals surface area contributed by atoms with Crippen molar-refractivity contribution >= 4 is 47.8 Å². The van der Waals surface area contributed by atoms with Crippen LogP contribution in [0.15, 0.2) is 58.9 Å². The Morgan fingerprint density at radius 2 is 1.77 bits per heavy atom. The van der Waals surface area contributed by atoms with Crippen LogP contribution in [0, 0.1) is 20.6 Å². The summed E-state index contributed by atoms with van der Waals surface area (Å²) in [5.74, 6) is 0.681. The molecule has 2 aromatic rings. The summed E-state index contributed by atoms with van der Waals surface area (Å²) in [6.45, 7) is 2.39. The lowest BCUT2D eigenvalue weighted by molar-refractivity contribution is 0.0924. The number of nitrogens with one attached hydrogen (secondary N) is 4. The van der Waals surface area contributed by atoms with Crippen molar-refractivity contribution in [1.29, 1.82) is 5.41 Å². The van der Waals surface area contributed by atoms with Crippen molar-refractivity contribution in [1.82, 2.24) is 20.4 Å². The number of nitrogens with zero attached hydrogens (tertiary/aromatic N) is 4. The number of anilines is 1. The molecule has 0 bridgehead atoms. The number of nitroso groups, excluding NO2 is 2.